The molecule has 0 fully saturated rings. The Bertz CT molecular complexity index is 1080. The monoisotopic (exact) mass is 701 g/mol. The summed E-state index contributed by atoms with van der Waals surface area (Å²) in [4.78, 5) is 88.3. The molecular weight excluding hydrogens is 642 g/mol. The van der Waals surface area contributed by atoms with E-state index in [1.54, 1.807) is 0 Å². The molecule has 0 aliphatic heterocycles. The molecule has 0 rings (SSSR count). The van der Waals surface area contributed by atoms with E-state index >= 15 is 0 Å². The van der Waals surface area contributed by atoms with E-state index in [1.807, 2.05) is 13.8 Å². The van der Waals surface area contributed by atoms with Crippen molar-refractivity contribution < 1.29 is 43.8 Å². The van der Waals surface area contributed by atoms with Crippen LogP contribution in [0.2, 0.25) is 0 Å². The van der Waals surface area contributed by atoms with Crippen LogP contribution in [-0.4, -0.2) is 108 Å². The van der Waals surface area contributed by atoms with Gasteiger partial charge in [0.15, 0.2) is 0 Å². The topological polar surface area (TPSA) is 324 Å². The van der Waals surface area contributed by atoms with Crippen LogP contribution in [0.5, 0.6) is 0 Å². The van der Waals surface area contributed by atoms with E-state index in [-0.39, 0.29) is 31.6 Å². The lowest BCUT2D eigenvalue weighted by atomic mass is 10.0. The molecular formula is C31H59N9O9. The van der Waals surface area contributed by atoms with Crippen molar-refractivity contribution in [1.82, 2.24) is 26.6 Å². The van der Waals surface area contributed by atoms with Gasteiger partial charge in [0.25, 0.3) is 0 Å². The van der Waals surface area contributed by atoms with Crippen LogP contribution < -0.4 is 49.5 Å². The maximum atomic E-state index is 13.6. The standard InChI is InChI=1S/C31H59N9O9/c1-18(2)16-24(40-26(43)19(3)36-27(44)20(35)17-25(41)42)30(47)38-21(10-4-7-13-32)28(45)37-22(11-5-8-14-33)29(46)39-23(31(48)49)12-6-9-15-34/h18-24H,4-17,32-35H2,1-3H3,(H,36,44)(H,37,45)(H,38,47)(H,39,46)(H,40,43)(H,41,42)(H,48,49)/t19-,20-,21-,22-,23-,24-/m0/s1. The summed E-state index contributed by atoms with van der Waals surface area (Å²) in [5, 5.41) is 31.2. The van der Waals surface area contributed by atoms with Gasteiger partial charge in [-0.05, 0) is 96.7 Å². The molecule has 282 valence electrons. The highest BCUT2D eigenvalue weighted by Crippen LogP contribution is 2.10. The van der Waals surface area contributed by atoms with Crippen LogP contribution in [0.3, 0.4) is 0 Å². The first kappa shape index (κ1) is 45.1. The van der Waals surface area contributed by atoms with Gasteiger partial charge in [-0.1, -0.05) is 13.8 Å². The second kappa shape index (κ2) is 25.2. The molecule has 0 heterocycles. The van der Waals surface area contributed by atoms with Gasteiger partial charge < -0.3 is 59.7 Å². The molecule has 0 bridgehead atoms. The van der Waals surface area contributed by atoms with E-state index in [4.69, 9.17) is 28.0 Å². The molecule has 0 saturated carbocycles. The van der Waals surface area contributed by atoms with Gasteiger partial charge in [0.05, 0.1) is 12.5 Å². The minimum Gasteiger partial charge on any atom is -0.481 e. The lowest BCUT2D eigenvalue weighted by Gasteiger charge is -2.27. The van der Waals surface area contributed by atoms with Gasteiger partial charge in [-0.3, -0.25) is 28.8 Å². The quantitative estimate of drug-likeness (QED) is 0.0404. The number of hydrogen-bond acceptors (Lipinski definition) is 11. The van der Waals surface area contributed by atoms with E-state index in [1.165, 1.54) is 6.92 Å². The summed E-state index contributed by atoms with van der Waals surface area (Å²) in [6.45, 7) is 6.03. The highest BCUT2D eigenvalue weighted by molar-refractivity contribution is 5.96. The van der Waals surface area contributed by atoms with Crippen LogP contribution in [0.25, 0.3) is 0 Å². The summed E-state index contributed by atoms with van der Waals surface area (Å²) < 4.78 is 0. The van der Waals surface area contributed by atoms with E-state index in [0.717, 1.165) is 0 Å². The van der Waals surface area contributed by atoms with Gasteiger partial charge in [-0.2, -0.15) is 0 Å². The zero-order valence-corrected chi connectivity index (χ0v) is 29.0. The molecule has 0 aliphatic rings. The van der Waals surface area contributed by atoms with Crippen LogP contribution >= 0.6 is 0 Å². The minimum absolute atomic E-state index is 0.0860. The van der Waals surface area contributed by atoms with Gasteiger partial charge in [-0.25, -0.2) is 4.79 Å². The van der Waals surface area contributed by atoms with Crippen molar-refractivity contribution in [3.8, 4) is 0 Å². The lowest BCUT2D eigenvalue weighted by molar-refractivity contribution is -0.142. The van der Waals surface area contributed by atoms with E-state index in [9.17, 15) is 38.7 Å². The van der Waals surface area contributed by atoms with Crippen LogP contribution in [-0.2, 0) is 33.6 Å². The van der Waals surface area contributed by atoms with Gasteiger partial charge in [0.2, 0.25) is 29.5 Å². The predicted octanol–water partition coefficient (Wildman–Crippen LogP) is -2.25. The van der Waals surface area contributed by atoms with Crippen molar-refractivity contribution in [2.75, 3.05) is 19.6 Å². The zero-order valence-electron chi connectivity index (χ0n) is 29.0. The third kappa shape index (κ3) is 19.7. The first-order valence-electron chi connectivity index (χ1n) is 16.9. The summed E-state index contributed by atoms with van der Waals surface area (Å²) in [6, 6.07) is -7.13. The molecule has 6 atom stereocenters. The number of nitrogens with one attached hydrogen (secondary N) is 5. The maximum Gasteiger partial charge on any atom is 0.326 e. The van der Waals surface area contributed by atoms with Crippen LogP contribution in [0.4, 0.5) is 0 Å². The Morgan fingerprint density at radius 3 is 1.31 bits per heavy atom. The number of carboxylic acids is 2. The van der Waals surface area contributed by atoms with Crippen molar-refractivity contribution in [1.29, 1.82) is 0 Å². The Hall–Kier alpha value is -3.87. The third-order valence-electron chi connectivity index (χ3n) is 7.54. The summed E-state index contributed by atoms with van der Waals surface area (Å²) in [5.74, 6) is -6.26. The first-order chi connectivity index (χ1) is 23.1. The molecule has 15 N–H and O–H groups in total. The fraction of sp³-hybridized carbons (Fsp3) is 0.774. The second-order valence-corrected chi connectivity index (χ2v) is 12.5. The number of unbranched alkanes of at least 4 members (excludes halogenated alkanes) is 3. The van der Waals surface area contributed by atoms with Crippen molar-refractivity contribution in [2.45, 2.75) is 128 Å². The number of carbonyl (C=O) groups excluding carboxylic acids is 5. The smallest absolute Gasteiger partial charge is 0.326 e. The van der Waals surface area contributed by atoms with Crippen molar-refractivity contribution in [3.05, 3.63) is 0 Å². The number of nitrogens with two attached hydrogens (primary N) is 4. The average Bonchev–Trinajstić information content (AvgIpc) is 3.02. The Balaban J connectivity index is 5.95. The molecule has 18 nitrogen and oxygen atoms in total. The summed E-state index contributed by atoms with van der Waals surface area (Å²) >= 11 is 0. The number of rotatable bonds is 27. The fourth-order valence-electron chi connectivity index (χ4n) is 4.76. The molecule has 5 amide bonds. The molecule has 49 heavy (non-hydrogen) atoms. The normalized spacial score (nSPS) is 14.8. The first-order valence-corrected chi connectivity index (χ1v) is 16.9. The molecule has 0 aromatic rings. The van der Waals surface area contributed by atoms with Crippen molar-refractivity contribution >= 4 is 41.5 Å². The lowest BCUT2D eigenvalue weighted by Crippen LogP contribution is -2.59. The number of amides is 5. The number of hydrogen-bond donors (Lipinski definition) is 11. The van der Waals surface area contributed by atoms with Crippen LogP contribution in [0, 0.1) is 5.92 Å². The zero-order chi connectivity index (χ0) is 37.5. The van der Waals surface area contributed by atoms with Gasteiger partial charge in [-0.15, -0.1) is 0 Å². The number of carbonyl (C=O) groups is 7. The van der Waals surface area contributed by atoms with E-state index in [0.29, 0.717) is 58.2 Å². The van der Waals surface area contributed by atoms with E-state index in [2.05, 4.69) is 26.6 Å². The molecule has 0 aromatic heterocycles. The van der Waals surface area contributed by atoms with Gasteiger partial charge >= 0.3 is 11.9 Å². The van der Waals surface area contributed by atoms with Gasteiger partial charge in [0, 0.05) is 0 Å². The SMILES string of the molecule is CC(C)C[C@H](NC(=O)[C@H](C)NC(=O)[C@@H](N)CC(=O)O)C(=O)N[C@@H](CCCCN)C(=O)N[C@@H](CCCCN)C(=O)N[C@@H](CCCCN)C(=O)O. The molecule has 0 unspecified atom stereocenters. The molecule has 0 aliphatic carbocycles. The maximum absolute atomic E-state index is 13.6. The fourth-order valence-corrected chi connectivity index (χ4v) is 4.76. The summed E-state index contributed by atoms with van der Waals surface area (Å²) in [7, 11) is 0. The number of aliphatic carboxylic acids is 2. The highest BCUT2D eigenvalue weighted by Gasteiger charge is 2.32. The Morgan fingerprint density at radius 1 is 0.531 bits per heavy atom. The van der Waals surface area contributed by atoms with E-state index < -0.39 is 84.1 Å². The van der Waals surface area contributed by atoms with Crippen molar-refractivity contribution in [2.24, 2.45) is 28.9 Å². The Kier molecular flexibility index (Phi) is 23.2. The van der Waals surface area contributed by atoms with Crippen LogP contribution in [0.15, 0.2) is 0 Å². The Morgan fingerprint density at radius 2 is 0.918 bits per heavy atom. The molecule has 18 heteroatoms. The summed E-state index contributed by atoms with van der Waals surface area (Å²) in [6.07, 6.45) is 3.04. The molecule has 0 radical (unpaired) electrons. The Labute approximate surface area is 288 Å². The largest absolute Gasteiger partial charge is 0.481 e. The third-order valence-corrected chi connectivity index (χ3v) is 7.54. The predicted molar refractivity (Wildman–Crippen MR) is 181 cm³/mol. The van der Waals surface area contributed by atoms with Gasteiger partial charge in [0.1, 0.15) is 30.2 Å². The highest BCUT2D eigenvalue weighted by atomic mass is 16.4. The average molecular weight is 702 g/mol. The van der Waals surface area contributed by atoms with Crippen LogP contribution in [0.1, 0.15) is 91.4 Å². The number of carboxylic acid groups (broad SMARTS) is 2. The molecule has 0 aromatic carbocycles. The minimum atomic E-state index is -1.39. The second-order valence-electron chi connectivity index (χ2n) is 12.5. The van der Waals surface area contributed by atoms with Crippen molar-refractivity contribution in [3.63, 3.8) is 0 Å². The molecule has 0 saturated heterocycles. The molecule has 0 spiro atoms. The summed E-state index contributed by atoms with van der Waals surface area (Å²) in [5.41, 5.74) is 22.3.